The summed E-state index contributed by atoms with van der Waals surface area (Å²) in [5, 5.41) is 0. The molecule has 0 spiro atoms. The van der Waals surface area contributed by atoms with Gasteiger partial charge >= 0.3 is 0 Å². The number of hydrogen-bond donors (Lipinski definition) is 1. The van der Waals surface area contributed by atoms with Crippen molar-refractivity contribution in [3.8, 4) is 5.75 Å². The molecule has 1 unspecified atom stereocenters. The van der Waals surface area contributed by atoms with Gasteiger partial charge in [0.25, 0.3) is 0 Å². The molecule has 0 aliphatic carbocycles. The first kappa shape index (κ1) is 13.6. The lowest BCUT2D eigenvalue weighted by Gasteiger charge is -2.26. The zero-order chi connectivity index (χ0) is 14.0. The third kappa shape index (κ3) is 2.61. The molecular weight excluding hydrogens is 241 g/mol. The first-order valence-electron chi connectivity index (χ1n) is 6.15. The van der Waals surface area contributed by atoms with E-state index in [1.54, 1.807) is 26.2 Å². The lowest BCUT2D eigenvalue weighted by Crippen LogP contribution is -2.34. The van der Waals surface area contributed by atoms with E-state index >= 15 is 0 Å². The molecule has 0 aliphatic heterocycles. The Morgan fingerprint density at radius 3 is 2.16 bits per heavy atom. The summed E-state index contributed by atoms with van der Waals surface area (Å²) in [6.07, 6.45) is 0. The van der Waals surface area contributed by atoms with E-state index in [1.807, 2.05) is 31.2 Å². The molecule has 19 heavy (non-hydrogen) atoms. The van der Waals surface area contributed by atoms with Crippen LogP contribution in [0.4, 0.5) is 4.39 Å². The Kier molecular flexibility index (Phi) is 3.58. The molecule has 100 valence electrons. The van der Waals surface area contributed by atoms with Crippen molar-refractivity contribution in [3.63, 3.8) is 0 Å². The van der Waals surface area contributed by atoms with Gasteiger partial charge in [0.05, 0.1) is 12.6 Å². The van der Waals surface area contributed by atoms with Crippen molar-refractivity contribution in [1.82, 2.24) is 0 Å². The topological polar surface area (TPSA) is 35.2 Å². The molecule has 2 aromatic carbocycles. The largest absolute Gasteiger partial charge is 0.497 e. The highest BCUT2D eigenvalue weighted by molar-refractivity contribution is 5.41. The Labute approximate surface area is 113 Å². The van der Waals surface area contributed by atoms with Crippen LogP contribution in [0.25, 0.3) is 0 Å². The molecule has 0 aromatic heterocycles. The summed E-state index contributed by atoms with van der Waals surface area (Å²) in [6.45, 7) is 3.66. The number of halogens is 1. The number of methoxy groups -OCH3 is 1. The molecule has 2 aromatic rings. The second kappa shape index (κ2) is 5.02. The van der Waals surface area contributed by atoms with Gasteiger partial charge in [-0.25, -0.2) is 4.39 Å². The Bertz CT molecular complexity index is 576. The van der Waals surface area contributed by atoms with Crippen LogP contribution in [0, 0.1) is 12.7 Å². The fourth-order valence-electron chi connectivity index (χ4n) is 2.07. The van der Waals surface area contributed by atoms with E-state index in [-0.39, 0.29) is 5.82 Å². The molecule has 0 saturated carbocycles. The maximum atomic E-state index is 13.3. The zero-order valence-electron chi connectivity index (χ0n) is 11.4. The molecule has 0 saturated heterocycles. The molecule has 2 rings (SSSR count). The second-order valence-electron chi connectivity index (χ2n) is 4.89. The monoisotopic (exact) mass is 259 g/mol. The van der Waals surface area contributed by atoms with Gasteiger partial charge in [0.2, 0.25) is 0 Å². The number of ether oxygens (including phenoxy) is 1. The van der Waals surface area contributed by atoms with Crippen LogP contribution in [0.3, 0.4) is 0 Å². The third-order valence-corrected chi connectivity index (χ3v) is 3.45. The van der Waals surface area contributed by atoms with Gasteiger partial charge in [0.1, 0.15) is 11.6 Å². The molecule has 2 N–H and O–H groups in total. The van der Waals surface area contributed by atoms with Crippen LogP contribution < -0.4 is 10.5 Å². The average molecular weight is 259 g/mol. The average Bonchev–Trinajstić information content (AvgIpc) is 2.41. The number of hydrogen-bond acceptors (Lipinski definition) is 2. The van der Waals surface area contributed by atoms with Crippen molar-refractivity contribution < 1.29 is 9.13 Å². The molecule has 0 amide bonds. The molecule has 0 bridgehead atoms. The van der Waals surface area contributed by atoms with Crippen molar-refractivity contribution in [1.29, 1.82) is 0 Å². The maximum absolute atomic E-state index is 13.3. The molecule has 0 fully saturated rings. The molecule has 0 heterocycles. The van der Waals surface area contributed by atoms with Crippen molar-refractivity contribution in [2.45, 2.75) is 19.4 Å². The fraction of sp³-hybridized carbons (Fsp3) is 0.250. The van der Waals surface area contributed by atoms with Gasteiger partial charge in [-0.05, 0) is 48.7 Å². The normalized spacial score (nSPS) is 13.9. The fourth-order valence-corrected chi connectivity index (χ4v) is 2.07. The van der Waals surface area contributed by atoms with Gasteiger partial charge in [0.15, 0.2) is 0 Å². The number of rotatable bonds is 3. The summed E-state index contributed by atoms with van der Waals surface area (Å²) in [6, 6.07) is 12.6. The van der Waals surface area contributed by atoms with Gasteiger partial charge in [0, 0.05) is 0 Å². The number of benzene rings is 2. The highest BCUT2D eigenvalue weighted by Gasteiger charge is 2.24. The van der Waals surface area contributed by atoms with Crippen LogP contribution in [0.15, 0.2) is 42.5 Å². The molecule has 2 nitrogen and oxygen atoms in total. The van der Waals surface area contributed by atoms with E-state index in [4.69, 9.17) is 10.5 Å². The quantitative estimate of drug-likeness (QED) is 0.917. The van der Waals surface area contributed by atoms with Crippen LogP contribution in [0.2, 0.25) is 0 Å². The Morgan fingerprint density at radius 2 is 1.63 bits per heavy atom. The van der Waals surface area contributed by atoms with Crippen LogP contribution >= 0.6 is 0 Å². The molecule has 1 atom stereocenters. The van der Waals surface area contributed by atoms with Gasteiger partial charge in [-0.1, -0.05) is 24.3 Å². The predicted molar refractivity (Wildman–Crippen MR) is 74.8 cm³/mol. The minimum atomic E-state index is -0.662. The van der Waals surface area contributed by atoms with Gasteiger partial charge < -0.3 is 10.5 Å². The van der Waals surface area contributed by atoms with Crippen LogP contribution in [0.5, 0.6) is 5.75 Å². The summed E-state index contributed by atoms with van der Waals surface area (Å²) in [4.78, 5) is 0. The Balaban J connectivity index is 2.41. The van der Waals surface area contributed by atoms with E-state index in [9.17, 15) is 4.39 Å². The summed E-state index contributed by atoms with van der Waals surface area (Å²) >= 11 is 0. The smallest absolute Gasteiger partial charge is 0.126 e. The molecular formula is C16H18FNO. The lowest BCUT2D eigenvalue weighted by molar-refractivity contribution is 0.414. The zero-order valence-corrected chi connectivity index (χ0v) is 11.4. The molecule has 0 radical (unpaired) electrons. The van der Waals surface area contributed by atoms with Gasteiger partial charge in [-0.15, -0.1) is 0 Å². The minimum Gasteiger partial charge on any atom is -0.497 e. The summed E-state index contributed by atoms with van der Waals surface area (Å²) in [5.74, 6) is 0.573. The molecule has 0 aliphatic rings. The number of nitrogens with two attached hydrogens (primary N) is 1. The minimum absolute atomic E-state index is 0.214. The maximum Gasteiger partial charge on any atom is 0.126 e. The van der Waals surface area contributed by atoms with Crippen LogP contribution in [0.1, 0.15) is 23.6 Å². The second-order valence-corrected chi connectivity index (χ2v) is 4.89. The predicted octanol–water partition coefficient (Wildman–Crippen LogP) is 3.36. The number of aryl methyl sites for hydroxylation is 1. The third-order valence-electron chi connectivity index (χ3n) is 3.45. The first-order chi connectivity index (χ1) is 8.95. The standard InChI is InChI=1S/C16H18FNO/c1-11-10-13(6-9-15(11)17)16(2,18)12-4-7-14(19-3)8-5-12/h4-10H,18H2,1-3H3. The summed E-state index contributed by atoms with van der Waals surface area (Å²) in [7, 11) is 1.62. The van der Waals surface area contributed by atoms with E-state index in [0.29, 0.717) is 5.56 Å². The van der Waals surface area contributed by atoms with Crippen molar-refractivity contribution >= 4 is 0 Å². The van der Waals surface area contributed by atoms with Crippen molar-refractivity contribution in [2.24, 2.45) is 5.73 Å². The summed E-state index contributed by atoms with van der Waals surface area (Å²) in [5.41, 5.74) is 8.19. The van der Waals surface area contributed by atoms with E-state index < -0.39 is 5.54 Å². The van der Waals surface area contributed by atoms with E-state index in [2.05, 4.69) is 0 Å². The van der Waals surface area contributed by atoms with E-state index in [0.717, 1.165) is 16.9 Å². The van der Waals surface area contributed by atoms with Crippen LogP contribution in [-0.2, 0) is 5.54 Å². The van der Waals surface area contributed by atoms with Crippen LogP contribution in [-0.4, -0.2) is 7.11 Å². The SMILES string of the molecule is COc1ccc(C(C)(N)c2ccc(F)c(C)c2)cc1. The summed E-state index contributed by atoms with van der Waals surface area (Å²) < 4.78 is 18.5. The van der Waals surface area contributed by atoms with E-state index in [1.165, 1.54) is 6.07 Å². The Hall–Kier alpha value is -1.87. The van der Waals surface area contributed by atoms with Crippen molar-refractivity contribution in [2.75, 3.05) is 7.11 Å². The lowest BCUT2D eigenvalue weighted by atomic mass is 9.85. The highest BCUT2D eigenvalue weighted by Crippen LogP contribution is 2.28. The van der Waals surface area contributed by atoms with Gasteiger partial charge in [-0.2, -0.15) is 0 Å². The van der Waals surface area contributed by atoms with Gasteiger partial charge in [-0.3, -0.25) is 0 Å². The first-order valence-corrected chi connectivity index (χ1v) is 6.15. The molecule has 3 heteroatoms. The van der Waals surface area contributed by atoms with Crippen molar-refractivity contribution in [3.05, 3.63) is 65.0 Å². The Morgan fingerprint density at radius 1 is 1.05 bits per heavy atom. The highest BCUT2D eigenvalue weighted by atomic mass is 19.1.